The monoisotopic (exact) mass is 212 g/mol. The van der Waals surface area contributed by atoms with Gasteiger partial charge in [-0.05, 0) is 31.1 Å². The first-order valence-corrected chi connectivity index (χ1v) is 6.13. The van der Waals surface area contributed by atoms with E-state index in [1.807, 2.05) is 11.8 Å². The Hall–Kier alpha value is -0.570. The number of rotatable bonds is 4. The second kappa shape index (κ2) is 4.97. The average Bonchev–Trinajstić information content (AvgIpc) is 2.72. The van der Waals surface area contributed by atoms with Crippen molar-refractivity contribution in [2.75, 3.05) is 13.1 Å². The van der Waals surface area contributed by atoms with Crippen molar-refractivity contribution in [3.63, 3.8) is 0 Å². The van der Waals surface area contributed by atoms with E-state index in [9.17, 15) is 4.79 Å². The molecular formula is C12H24N2O. The van der Waals surface area contributed by atoms with Crippen molar-refractivity contribution in [3.8, 4) is 0 Å². The van der Waals surface area contributed by atoms with Gasteiger partial charge in [-0.15, -0.1) is 0 Å². The predicted molar refractivity (Wildman–Crippen MR) is 62.5 cm³/mol. The van der Waals surface area contributed by atoms with Gasteiger partial charge < -0.3 is 10.6 Å². The summed E-state index contributed by atoms with van der Waals surface area (Å²) in [5.41, 5.74) is 6.14. The quantitative estimate of drug-likeness (QED) is 0.772. The summed E-state index contributed by atoms with van der Waals surface area (Å²) in [6.07, 6.45) is 4.20. The Kier molecular flexibility index (Phi) is 4.14. The zero-order chi connectivity index (χ0) is 11.5. The number of carbonyl (C=O) groups excluding carboxylic acids is 1. The summed E-state index contributed by atoms with van der Waals surface area (Å²) in [7, 11) is 0. The molecule has 1 aliphatic heterocycles. The van der Waals surface area contributed by atoms with Crippen LogP contribution in [-0.2, 0) is 4.79 Å². The summed E-state index contributed by atoms with van der Waals surface area (Å²) in [5, 5.41) is 0. The molecule has 0 spiro atoms. The lowest BCUT2D eigenvalue weighted by Gasteiger charge is -2.27. The van der Waals surface area contributed by atoms with Gasteiger partial charge in [0.2, 0.25) is 5.91 Å². The molecule has 0 radical (unpaired) electrons. The smallest absolute Gasteiger partial charge is 0.239 e. The van der Waals surface area contributed by atoms with Crippen molar-refractivity contribution >= 4 is 5.91 Å². The Morgan fingerprint density at radius 1 is 1.40 bits per heavy atom. The highest BCUT2D eigenvalue weighted by Gasteiger charge is 2.37. The summed E-state index contributed by atoms with van der Waals surface area (Å²) in [4.78, 5) is 13.9. The highest BCUT2D eigenvalue weighted by molar-refractivity contribution is 5.81. The van der Waals surface area contributed by atoms with Crippen LogP contribution >= 0.6 is 0 Å². The molecule has 1 atom stereocenters. The number of hydrogen-bond acceptors (Lipinski definition) is 2. The molecule has 1 rings (SSSR count). The van der Waals surface area contributed by atoms with Crippen LogP contribution in [0, 0.1) is 5.41 Å². The summed E-state index contributed by atoms with van der Waals surface area (Å²) >= 11 is 0. The van der Waals surface area contributed by atoms with E-state index in [4.69, 9.17) is 5.73 Å². The summed E-state index contributed by atoms with van der Waals surface area (Å²) in [5.74, 6) is 0.140. The molecule has 0 unspecified atom stereocenters. The highest BCUT2D eigenvalue weighted by Crippen LogP contribution is 2.37. The fourth-order valence-corrected chi connectivity index (χ4v) is 2.36. The van der Waals surface area contributed by atoms with Gasteiger partial charge >= 0.3 is 0 Å². The second-order valence-electron chi connectivity index (χ2n) is 4.73. The predicted octanol–water partition coefficient (Wildman–Crippen LogP) is 1.76. The molecule has 1 saturated heterocycles. The van der Waals surface area contributed by atoms with Gasteiger partial charge in [-0.3, -0.25) is 4.79 Å². The molecule has 0 aliphatic carbocycles. The van der Waals surface area contributed by atoms with Crippen molar-refractivity contribution in [2.24, 2.45) is 11.1 Å². The Morgan fingerprint density at radius 2 is 2.00 bits per heavy atom. The van der Waals surface area contributed by atoms with Crippen molar-refractivity contribution in [2.45, 2.75) is 52.5 Å². The van der Waals surface area contributed by atoms with E-state index in [0.29, 0.717) is 5.41 Å². The van der Waals surface area contributed by atoms with Crippen LogP contribution in [0.4, 0.5) is 0 Å². The lowest BCUT2D eigenvalue weighted by Crippen LogP contribution is -2.43. The zero-order valence-corrected chi connectivity index (χ0v) is 10.3. The lowest BCUT2D eigenvalue weighted by molar-refractivity contribution is -0.132. The van der Waals surface area contributed by atoms with Gasteiger partial charge in [0.15, 0.2) is 0 Å². The van der Waals surface area contributed by atoms with Gasteiger partial charge in [-0.25, -0.2) is 0 Å². The SMILES string of the molecule is CC[C@@H](N)C(=O)N1CCC(CC)(CC)C1. The number of likely N-dealkylation sites (tertiary alicyclic amines) is 1. The number of carbonyl (C=O) groups is 1. The molecule has 0 aromatic heterocycles. The maximum atomic E-state index is 11.9. The molecule has 0 aromatic carbocycles. The average molecular weight is 212 g/mol. The van der Waals surface area contributed by atoms with Gasteiger partial charge in [-0.1, -0.05) is 20.8 Å². The molecule has 1 heterocycles. The van der Waals surface area contributed by atoms with Crippen molar-refractivity contribution in [1.29, 1.82) is 0 Å². The second-order valence-corrected chi connectivity index (χ2v) is 4.73. The summed E-state index contributed by atoms with van der Waals surface area (Å²) < 4.78 is 0. The van der Waals surface area contributed by atoms with Crippen molar-refractivity contribution in [1.82, 2.24) is 4.90 Å². The zero-order valence-electron chi connectivity index (χ0n) is 10.3. The Labute approximate surface area is 93.0 Å². The largest absolute Gasteiger partial charge is 0.341 e. The molecule has 0 saturated carbocycles. The molecule has 0 bridgehead atoms. The molecule has 88 valence electrons. The van der Waals surface area contributed by atoms with Crippen molar-refractivity contribution < 1.29 is 4.79 Å². The molecule has 3 nitrogen and oxygen atoms in total. The molecule has 15 heavy (non-hydrogen) atoms. The maximum absolute atomic E-state index is 11.9. The third kappa shape index (κ3) is 2.51. The van der Waals surface area contributed by atoms with E-state index in [2.05, 4.69) is 13.8 Å². The van der Waals surface area contributed by atoms with Crippen LogP contribution in [-0.4, -0.2) is 29.9 Å². The van der Waals surface area contributed by atoms with E-state index < -0.39 is 0 Å². The fourth-order valence-electron chi connectivity index (χ4n) is 2.36. The van der Waals surface area contributed by atoms with Crippen LogP contribution in [0.25, 0.3) is 0 Å². The highest BCUT2D eigenvalue weighted by atomic mass is 16.2. The number of amides is 1. The minimum Gasteiger partial charge on any atom is -0.341 e. The van der Waals surface area contributed by atoms with Gasteiger partial charge in [0.1, 0.15) is 0 Å². The molecule has 0 aromatic rings. The van der Waals surface area contributed by atoms with Crippen LogP contribution in [0.15, 0.2) is 0 Å². The Bertz CT molecular complexity index is 224. The van der Waals surface area contributed by atoms with E-state index in [0.717, 1.165) is 38.8 Å². The van der Waals surface area contributed by atoms with Gasteiger partial charge in [0, 0.05) is 13.1 Å². The number of nitrogens with zero attached hydrogens (tertiary/aromatic N) is 1. The van der Waals surface area contributed by atoms with Crippen LogP contribution in [0.5, 0.6) is 0 Å². The molecule has 1 amide bonds. The third-order valence-electron chi connectivity index (χ3n) is 4.01. The van der Waals surface area contributed by atoms with E-state index in [1.54, 1.807) is 0 Å². The topological polar surface area (TPSA) is 46.3 Å². The lowest BCUT2D eigenvalue weighted by atomic mass is 9.82. The minimum atomic E-state index is -0.297. The first-order valence-electron chi connectivity index (χ1n) is 6.13. The third-order valence-corrected chi connectivity index (χ3v) is 4.01. The molecule has 1 aliphatic rings. The fraction of sp³-hybridized carbons (Fsp3) is 0.917. The van der Waals surface area contributed by atoms with E-state index in [-0.39, 0.29) is 11.9 Å². The minimum absolute atomic E-state index is 0.140. The maximum Gasteiger partial charge on any atom is 0.239 e. The number of nitrogens with two attached hydrogens (primary N) is 1. The van der Waals surface area contributed by atoms with Crippen LogP contribution in [0.1, 0.15) is 46.5 Å². The molecule has 3 heteroatoms. The van der Waals surface area contributed by atoms with E-state index >= 15 is 0 Å². The summed E-state index contributed by atoms with van der Waals surface area (Å²) in [6, 6.07) is -0.297. The Balaban J connectivity index is 2.59. The molecule has 2 N–H and O–H groups in total. The van der Waals surface area contributed by atoms with Crippen molar-refractivity contribution in [3.05, 3.63) is 0 Å². The van der Waals surface area contributed by atoms with E-state index in [1.165, 1.54) is 0 Å². The van der Waals surface area contributed by atoms with Crippen LogP contribution < -0.4 is 5.73 Å². The number of hydrogen-bond donors (Lipinski definition) is 1. The first kappa shape index (κ1) is 12.5. The Morgan fingerprint density at radius 3 is 2.40 bits per heavy atom. The van der Waals surface area contributed by atoms with Gasteiger partial charge in [-0.2, -0.15) is 0 Å². The van der Waals surface area contributed by atoms with Gasteiger partial charge in [0.25, 0.3) is 0 Å². The normalized spacial score (nSPS) is 21.7. The van der Waals surface area contributed by atoms with Gasteiger partial charge in [0.05, 0.1) is 6.04 Å². The molecular weight excluding hydrogens is 188 g/mol. The first-order chi connectivity index (χ1) is 7.08. The summed E-state index contributed by atoms with van der Waals surface area (Å²) in [6.45, 7) is 8.21. The standard InChI is InChI=1S/C12H24N2O/c1-4-10(13)11(15)14-8-7-12(5-2,6-3)9-14/h10H,4-9,13H2,1-3H3/t10-/m1/s1. The van der Waals surface area contributed by atoms with Crippen LogP contribution in [0.2, 0.25) is 0 Å². The van der Waals surface area contributed by atoms with Crippen LogP contribution in [0.3, 0.4) is 0 Å². The molecule has 1 fully saturated rings.